The van der Waals surface area contributed by atoms with Crippen LogP contribution >= 0.6 is 11.6 Å². The normalized spacial score (nSPS) is 11.0. The summed E-state index contributed by atoms with van der Waals surface area (Å²) in [7, 11) is 0. The molecule has 0 atom stereocenters. The monoisotopic (exact) mass is 311 g/mol. The molecule has 1 amide bonds. The van der Waals surface area contributed by atoms with Gasteiger partial charge in [0.1, 0.15) is 5.75 Å². The van der Waals surface area contributed by atoms with E-state index in [0.29, 0.717) is 5.75 Å². The summed E-state index contributed by atoms with van der Waals surface area (Å²) in [6, 6.07) is 12.2. The van der Waals surface area contributed by atoms with E-state index >= 15 is 0 Å². The second-order valence-electron chi connectivity index (χ2n) is 4.41. The van der Waals surface area contributed by atoms with Crippen LogP contribution in [0.4, 0.5) is 19.3 Å². The summed E-state index contributed by atoms with van der Waals surface area (Å²) in [5, 5.41) is 2.29. The van der Waals surface area contributed by atoms with Gasteiger partial charge < -0.3 is 4.74 Å². The van der Waals surface area contributed by atoms with Crippen LogP contribution in [-0.2, 0) is 5.92 Å². The van der Waals surface area contributed by atoms with Crippen LogP contribution in [0.3, 0.4) is 0 Å². The number of benzene rings is 2. The van der Waals surface area contributed by atoms with Crippen LogP contribution in [0.15, 0.2) is 48.5 Å². The average molecular weight is 312 g/mol. The maximum absolute atomic E-state index is 13.2. The Morgan fingerprint density at radius 2 is 1.86 bits per heavy atom. The van der Waals surface area contributed by atoms with E-state index in [1.54, 1.807) is 30.3 Å². The van der Waals surface area contributed by atoms with Gasteiger partial charge in [-0.3, -0.25) is 5.32 Å². The third kappa shape index (κ3) is 4.16. The van der Waals surface area contributed by atoms with Gasteiger partial charge in [0.25, 0.3) is 5.92 Å². The summed E-state index contributed by atoms with van der Waals surface area (Å²) < 4.78 is 31.4. The zero-order valence-electron chi connectivity index (χ0n) is 11.1. The second-order valence-corrected chi connectivity index (χ2v) is 4.82. The average Bonchev–Trinajstić information content (AvgIpc) is 2.38. The molecule has 0 aliphatic rings. The molecule has 0 fully saturated rings. The number of ether oxygens (including phenoxy) is 1. The van der Waals surface area contributed by atoms with Crippen molar-refractivity contribution in [3.05, 3.63) is 59.1 Å². The maximum Gasteiger partial charge on any atom is 0.417 e. The molecule has 0 aromatic heterocycles. The first kappa shape index (κ1) is 15.3. The molecule has 0 saturated carbocycles. The molecule has 0 unspecified atom stereocenters. The molecule has 0 spiro atoms. The largest absolute Gasteiger partial charge is 0.417 e. The van der Waals surface area contributed by atoms with E-state index in [2.05, 4.69) is 5.32 Å². The SMILES string of the molecule is CC(F)(F)c1ccc(NC(=O)Oc2ccccc2)cc1Cl. The van der Waals surface area contributed by atoms with E-state index < -0.39 is 12.0 Å². The van der Waals surface area contributed by atoms with Crippen molar-refractivity contribution in [2.45, 2.75) is 12.8 Å². The minimum Gasteiger partial charge on any atom is -0.410 e. The van der Waals surface area contributed by atoms with Crippen LogP contribution in [0.25, 0.3) is 0 Å². The Balaban J connectivity index is 2.07. The first-order valence-corrected chi connectivity index (χ1v) is 6.46. The number of anilines is 1. The number of carbonyl (C=O) groups is 1. The summed E-state index contributed by atoms with van der Waals surface area (Å²) in [5.74, 6) is -2.67. The number of hydrogen-bond donors (Lipinski definition) is 1. The smallest absolute Gasteiger partial charge is 0.410 e. The minimum absolute atomic E-state index is 0.125. The molecule has 110 valence electrons. The molecule has 1 N–H and O–H groups in total. The fourth-order valence-corrected chi connectivity index (χ4v) is 2.03. The van der Waals surface area contributed by atoms with Gasteiger partial charge in [-0.2, -0.15) is 0 Å². The molecule has 0 bridgehead atoms. The first-order valence-electron chi connectivity index (χ1n) is 6.08. The number of halogens is 3. The highest BCUT2D eigenvalue weighted by molar-refractivity contribution is 6.31. The molecule has 0 aliphatic carbocycles. The molecule has 2 aromatic rings. The van der Waals surface area contributed by atoms with E-state index in [4.69, 9.17) is 16.3 Å². The van der Waals surface area contributed by atoms with Gasteiger partial charge >= 0.3 is 6.09 Å². The lowest BCUT2D eigenvalue weighted by Crippen LogP contribution is -2.17. The molecule has 0 heterocycles. The lowest BCUT2D eigenvalue weighted by Gasteiger charge is -2.13. The molecular weight excluding hydrogens is 300 g/mol. The van der Waals surface area contributed by atoms with E-state index in [9.17, 15) is 13.6 Å². The Hall–Kier alpha value is -2.14. The van der Waals surface area contributed by atoms with Crippen LogP contribution in [0.1, 0.15) is 12.5 Å². The van der Waals surface area contributed by atoms with Crippen molar-refractivity contribution in [3.8, 4) is 5.75 Å². The molecule has 6 heteroatoms. The van der Waals surface area contributed by atoms with Crippen molar-refractivity contribution in [1.29, 1.82) is 0 Å². The molecule has 0 aliphatic heterocycles. The van der Waals surface area contributed by atoms with Crippen LogP contribution in [0, 0.1) is 0 Å². The van der Waals surface area contributed by atoms with Crippen LogP contribution in [0.5, 0.6) is 5.75 Å². The minimum atomic E-state index is -3.04. The van der Waals surface area contributed by atoms with Crippen LogP contribution in [0.2, 0.25) is 5.02 Å². The fourth-order valence-electron chi connectivity index (χ4n) is 1.69. The molecule has 2 aromatic carbocycles. The zero-order chi connectivity index (χ0) is 15.5. The molecule has 0 saturated heterocycles. The van der Waals surface area contributed by atoms with Crippen LogP contribution < -0.4 is 10.1 Å². The summed E-state index contributed by atoms with van der Waals surface area (Å²) in [4.78, 5) is 11.7. The quantitative estimate of drug-likeness (QED) is 0.860. The Bertz CT molecular complexity index is 642. The zero-order valence-corrected chi connectivity index (χ0v) is 11.8. The summed E-state index contributed by atoms with van der Waals surface area (Å²) in [6.45, 7) is 0.755. The Kier molecular flexibility index (Phi) is 4.43. The van der Waals surface area contributed by atoms with Gasteiger partial charge in [-0.1, -0.05) is 29.8 Å². The first-order chi connectivity index (χ1) is 9.86. The number of nitrogens with one attached hydrogen (secondary N) is 1. The molecule has 2 rings (SSSR count). The number of hydrogen-bond acceptors (Lipinski definition) is 2. The van der Waals surface area contributed by atoms with Crippen molar-refractivity contribution < 1.29 is 18.3 Å². The van der Waals surface area contributed by atoms with E-state index in [0.717, 1.165) is 6.92 Å². The lowest BCUT2D eigenvalue weighted by atomic mass is 10.1. The van der Waals surface area contributed by atoms with Crippen molar-refractivity contribution in [2.24, 2.45) is 0 Å². The standard InChI is InChI=1S/C15H12ClF2NO2/c1-15(17,18)12-8-7-10(9-13(12)16)19-14(20)21-11-5-3-2-4-6-11/h2-9H,1H3,(H,19,20). The number of carbonyl (C=O) groups excluding carboxylic acids is 1. The van der Waals surface area contributed by atoms with E-state index in [1.165, 1.54) is 18.2 Å². The molecule has 21 heavy (non-hydrogen) atoms. The topological polar surface area (TPSA) is 38.3 Å². The molecule has 0 radical (unpaired) electrons. The van der Waals surface area contributed by atoms with Gasteiger partial charge in [-0.25, -0.2) is 13.6 Å². The summed E-state index contributed by atoms with van der Waals surface area (Å²) >= 11 is 5.79. The van der Waals surface area contributed by atoms with Gasteiger partial charge in [0.15, 0.2) is 0 Å². The Morgan fingerprint density at radius 3 is 2.43 bits per heavy atom. The predicted molar refractivity (Wildman–Crippen MR) is 77.1 cm³/mol. The summed E-state index contributed by atoms with van der Waals surface area (Å²) in [6.07, 6.45) is -0.728. The Labute approximate surface area is 125 Å². The van der Waals surface area contributed by atoms with Gasteiger partial charge in [-0.15, -0.1) is 0 Å². The highest BCUT2D eigenvalue weighted by Crippen LogP contribution is 2.34. The van der Waals surface area contributed by atoms with Gasteiger partial charge in [0.2, 0.25) is 0 Å². The van der Waals surface area contributed by atoms with Crippen molar-refractivity contribution in [1.82, 2.24) is 0 Å². The van der Waals surface area contributed by atoms with Gasteiger partial charge in [-0.05, 0) is 30.3 Å². The van der Waals surface area contributed by atoms with Crippen molar-refractivity contribution in [3.63, 3.8) is 0 Å². The van der Waals surface area contributed by atoms with Crippen molar-refractivity contribution in [2.75, 3.05) is 5.32 Å². The van der Waals surface area contributed by atoms with E-state index in [1.807, 2.05) is 0 Å². The van der Waals surface area contributed by atoms with E-state index in [-0.39, 0.29) is 16.3 Å². The van der Waals surface area contributed by atoms with Gasteiger partial charge in [0, 0.05) is 18.2 Å². The number of amides is 1. The second kappa shape index (κ2) is 6.10. The summed E-state index contributed by atoms with van der Waals surface area (Å²) in [5.41, 5.74) is -0.0277. The number of para-hydroxylation sites is 1. The predicted octanol–water partition coefficient (Wildman–Crippen LogP) is 5.06. The highest BCUT2D eigenvalue weighted by Gasteiger charge is 2.27. The number of alkyl halides is 2. The third-order valence-corrected chi connectivity index (χ3v) is 2.95. The number of rotatable bonds is 3. The third-order valence-electron chi connectivity index (χ3n) is 2.64. The van der Waals surface area contributed by atoms with Crippen LogP contribution in [-0.4, -0.2) is 6.09 Å². The molecule has 3 nitrogen and oxygen atoms in total. The maximum atomic E-state index is 13.2. The Morgan fingerprint density at radius 1 is 1.19 bits per heavy atom. The van der Waals surface area contributed by atoms with Gasteiger partial charge in [0.05, 0.1) is 5.02 Å². The molecular formula is C15H12ClF2NO2. The van der Waals surface area contributed by atoms with Crippen molar-refractivity contribution >= 4 is 23.4 Å². The fraction of sp³-hybridized carbons (Fsp3) is 0.133. The highest BCUT2D eigenvalue weighted by atomic mass is 35.5. The lowest BCUT2D eigenvalue weighted by molar-refractivity contribution is 0.0176.